The van der Waals surface area contributed by atoms with Crippen molar-refractivity contribution in [2.45, 2.75) is 12.2 Å². The second-order valence-electron chi connectivity index (χ2n) is 4.73. The van der Waals surface area contributed by atoms with Crippen molar-refractivity contribution in [3.05, 3.63) is 63.9 Å². The second kappa shape index (κ2) is 6.10. The summed E-state index contributed by atoms with van der Waals surface area (Å²) in [6.45, 7) is 1.73. The highest BCUT2D eigenvalue weighted by atomic mass is 35.5. The minimum absolute atomic E-state index is 0.201. The maximum absolute atomic E-state index is 6.30. The van der Waals surface area contributed by atoms with Crippen molar-refractivity contribution < 1.29 is 4.74 Å². The molecule has 3 nitrogen and oxygen atoms in total. The maximum Gasteiger partial charge on any atom is 0.129 e. The molecular formula is C15H14Cl2N2O. The topological polar surface area (TPSA) is 34.1 Å². The Morgan fingerprint density at radius 3 is 2.55 bits per heavy atom. The third kappa shape index (κ3) is 2.96. The van der Waals surface area contributed by atoms with Crippen LogP contribution in [0.4, 0.5) is 0 Å². The van der Waals surface area contributed by atoms with Gasteiger partial charge in [0.15, 0.2) is 0 Å². The summed E-state index contributed by atoms with van der Waals surface area (Å²) in [5.41, 5.74) is 1.90. The number of aromatic nitrogens is 1. The van der Waals surface area contributed by atoms with Gasteiger partial charge in [-0.2, -0.15) is 0 Å². The molecule has 0 spiro atoms. The highest BCUT2D eigenvalue weighted by Gasteiger charge is 2.25. The van der Waals surface area contributed by atoms with Crippen LogP contribution in [0.15, 0.2) is 42.6 Å². The van der Waals surface area contributed by atoms with Crippen LogP contribution in [0.1, 0.15) is 17.2 Å². The first-order valence-corrected chi connectivity index (χ1v) is 7.21. The van der Waals surface area contributed by atoms with E-state index in [-0.39, 0.29) is 12.2 Å². The Bertz CT molecular complexity index is 585. The summed E-state index contributed by atoms with van der Waals surface area (Å²) >= 11 is 12.2. The molecule has 0 bridgehead atoms. The van der Waals surface area contributed by atoms with Gasteiger partial charge >= 0.3 is 0 Å². The normalized spacial score (nSPS) is 16.7. The predicted molar refractivity (Wildman–Crippen MR) is 80.3 cm³/mol. The van der Waals surface area contributed by atoms with Gasteiger partial charge in [-0.3, -0.25) is 0 Å². The van der Waals surface area contributed by atoms with E-state index in [0.717, 1.165) is 24.2 Å². The molecule has 0 amide bonds. The van der Waals surface area contributed by atoms with Gasteiger partial charge < -0.3 is 10.1 Å². The Balaban J connectivity index is 1.94. The van der Waals surface area contributed by atoms with E-state index >= 15 is 0 Å². The van der Waals surface area contributed by atoms with E-state index in [4.69, 9.17) is 27.9 Å². The molecule has 1 aliphatic rings. The van der Waals surface area contributed by atoms with Crippen molar-refractivity contribution in [3.8, 4) is 0 Å². The van der Waals surface area contributed by atoms with Crippen LogP contribution in [0.5, 0.6) is 0 Å². The van der Waals surface area contributed by atoms with Crippen LogP contribution < -0.4 is 5.32 Å². The molecule has 1 saturated heterocycles. The zero-order valence-electron chi connectivity index (χ0n) is 10.7. The van der Waals surface area contributed by atoms with Crippen LogP contribution in [0, 0.1) is 0 Å². The zero-order chi connectivity index (χ0) is 13.9. The van der Waals surface area contributed by atoms with Gasteiger partial charge in [0.25, 0.3) is 0 Å². The lowest BCUT2D eigenvalue weighted by atomic mass is 10.0. The van der Waals surface area contributed by atoms with Gasteiger partial charge in [-0.25, -0.2) is 4.98 Å². The van der Waals surface area contributed by atoms with Gasteiger partial charge in [-0.15, -0.1) is 0 Å². The molecule has 104 valence electrons. The van der Waals surface area contributed by atoms with Gasteiger partial charge in [-0.1, -0.05) is 47.5 Å². The predicted octanol–water partition coefficient (Wildman–Crippen LogP) is 3.47. The zero-order valence-corrected chi connectivity index (χ0v) is 12.2. The summed E-state index contributed by atoms with van der Waals surface area (Å²) < 4.78 is 6.15. The summed E-state index contributed by atoms with van der Waals surface area (Å²) in [4.78, 5) is 4.13. The molecule has 0 radical (unpaired) electrons. The quantitative estimate of drug-likeness (QED) is 0.878. The van der Waals surface area contributed by atoms with Crippen molar-refractivity contribution in [1.82, 2.24) is 10.3 Å². The molecule has 1 aromatic heterocycles. The van der Waals surface area contributed by atoms with Crippen LogP contribution in [-0.2, 0) is 4.74 Å². The molecule has 0 aliphatic carbocycles. The lowest BCUT2D eigenvalue weighted by Crippen LogP contribution is -2.49. The second-order valence-corrected chi connectivity index (χ2v) is 5.53. The minimum Gasteiger partial charge on any atom is -0.363 e. The van der Waals surface area contributed by atoms with Crippen molar-refractivity contribution in [2.24, 2.45) is 0 Å². The average Bonchev–Trinajstić information content (AvgIpc) is 2.41. The van der Waals surface area contributed by atoms with Crippen molar-refractivity contribution in [3.63, 3.8) is 0 Å². The molecule has 1 aromatic carbocycles. The number of pyridine rings is 1. The molecule has 1 unspecified atom stereocenters. The third-order valence-electron chi connectivity index (χ3n) is 3.31. The Morgan fingerprint density at radius 1 is 1.15 bits per heavy atom. The smallest absolute Gasteiger partial charge is 0.129 e. The number of hydrogen-bond acceptors (Lipinski definition) is 3. The Kier molecular flexibility index (Phi) is 4.22. The van der Waals surface area contributed by atoms with Gasteiger partial charge in [0, 0.05) is 35.4 Å². The van der Waals surface area contributed by atoms with Gasteiger partial charge in [0.1, 0.15) is 11.3 Å². The first kappa shape index (κ1) is 13.8. The first-order valence-electron chi connectivity index (χ1n) is 6.46. The van der Waals surface area contributed by atoms with Crippen LogP contribution in [0.3, 0.4) is 0 Å². The molecule has 2 heterocycles. The molecule has 20 heavy (non-hydrogen) atoms. The fraction of sp³-hybridized carbons (Fsp3) is 0.267. The molecule has 0 saturated carbocycles. The van der Waals surface area contributed by atoms with Crippen LogP contribution in [-0.4, -0.2) is 24.2 Å². The van der Waals surface area contributed by atoms with Gasteiger partial charge in [0.05, 0.1) is 6.10 Å². The Morgan fingerprint density at radius 2 is 1.95 bits per heavy atom. The molecule has 3 rings (SSSR count). The lowest BCUT2D eigenvalue weighted by Gasteiger charge is -2.32. The number of rotatable bonds is 4. The Labute approximate surface area is 127 Å². The van der Waals surface area contributed by atoms with Crippen LogP contribution in [0.2, 0.25) is 10.2 Å². The number of halogens is 2. The molecule has 5 heteroatoms. The number of nitrogens with zero attached hydrogens (tertiary/aromatic N) is 1. The monoisotopic (exact) mass is 308 g/mol. The summed E-state index contributed by atoms with van der Waals surface area (Å²) in [5.74, 6) is 0. The van der Waals surface area contributed by atoms with Gasteiger partial charge in [0.2, 0.25) is 0 Å². The van der Waals surface area contributed by atoms with Crippen molar-refractivity contribution >= 4 is 23.2 Å². The molecule has 1 fully saturated rings. The van der Waals surface area contributed by atoms with Crippen molar-refractivity contribution in [2.75, 3.05) is 13.1 Å². The summed E-state index contributed by atoms with van der Waals surface area (Å²) in [6, 6.07) is 11.4. The summed E-state index contributed by atoms with van der Waals surface area (Å²) in [6.07, 6.45) is 1.72. The molecular weight excluding hydrogens is 295 g/mol. The average molecular weight is 309 g/mol. The van der Waals surface area contributed by atoms with Crippen LogP contribution >= 0.6 is 23.2 Å². The summed E-state index contributed by atoms with van der Waals surface area (Å²) in [7, 11) is 0. The highest BCUT2D eigenvalue weighted by molar-refractivity contribution is 6.31. The fourth-order valence-electron chi connectivity index (χ4n) is 2.11. The number of benzene rings is 1. The molecule has 1 N–H and O–H groups in total. The molecule has 1 aliphatic heterocycles. The molecule has 2 aromatic rings. The molecule has 1 atom stereocenters. The van der Waals surface area contributed by atoms with E-state index in [0.29, 0.717) is 10.2 Å². The van der Waals surface area contributed by atoms with Gasteiger partial charge in [-0.05, 0) is 12.1 Å². The minimum atomic E-state index is -0.222. The van der Waals surface area contributed by atoms with E-state index in [1.54, 1.807) is 12.3 Å². The van der Waals surface area contributed by atoms with E-state index in [2.05, 4.69) is 10.3 Å². The van der Waals surface area contributed by atoms with E-state index in [1.807, 2.05) is 30.3 Å². The lowest BCUT2D eigenvalue weighted by molar-refractivity contribution is -0.0203. The van der Waals surface area contributed by atoms with E-state index in [1.165, 1.54) is 0 Å². The summed E-state index contributed by atoms with van der Waals surface area (Å²) in [5, 5.41) is 4.36. The van der Waals surface area contributed by atoms with Crippen LogP contribution in [0.25, 0.3) is 0 Å². The van der Waals surface area contributed by atoms with Crippen molar-refractivity contribution in [1.29, 1.82) is 0 Å². The highest BCUT2D eigenvalue weighted by Crippen LogP contribution is 2.32. The van der Waals surface area contributed by atoms with E-state index < -0.39 is 0 Å². The standard InChI is InChI=1S/C15H14Cl2N2O/c16-13-4-2-1-3-12(13)15(20-11-8-18-9-11)10-5-6-14(17)19-7-10/h1-7,11,15,18H,8-9H2. The SMILES string of the molecule is Clc1ccc(C(OC2CNC2)c2ccccc2Cl)cn1. The largest absolute Gasteiger partial charge is 0.363 e. The number of hydrogen-bond donors (Lipinski definition) is 1. The third-order valence-corrected chi connectivity index (χ3v) is 3.88. The Hall–Kier alpha value is -1.13. The fourth-order valence-corrected chi connectivity index (χ4v) is 2.46. The number of ether oxygens (including phenoxy) is 1. The van der Waals surface area contributed by atoms with E-state index in [9.17, 15) is 0 Å². The number of nitrogens with one attached hydrogen (secondary N) is 1. The first-order chi connectivity index (χ1) is 9.74. The maximum atomic E-state index is 6.30.